The van der Waals surface area contributed by atoms with Gasteiger partial charge in [0.1, 0.15) is 0 Å². The molecule has 0 spiro atoms. The van der Waals surface area contributed by atoms with E-state index in [1.54, 1.807) is 23.1 Å². The summed E-state index contributed by atoms with van der Waals surface area (Å²) in [6.45, 7) is 5.50. The second-order valence-corrected chi connectivity index (χ2v) is 11.0. The lowest BCUT2D eigenvalue weighted by atomic mass is 9.67. The van der Waals surface area contributed by atoms with Gasteiger partial charge >= 0.3 is 0 Å². The molecule has 1 saturated heterocycles. The van der Waals surface area contributed by atoms with Crippen LogP contribution in [0, 0.1) is 17.3 Å². The van der Waals surface area contributed by atoms with E-state index in [2.05, 4.69) is 32.0 Å². The molecular formula is C24H32N2O3S2. The maximum atomic E-state index is 13.7. The Kier molecular flexibility index (Phi) is 8.58. The van der Waals surface area contributed by atoms with E-state index in [-0.39, 0.29) is 11.8 Å². The van der Waals surface area contributed by atoms with E-state index in [1.165, 1.54) is 9.77 Å². The van der Waals surface area contributed by atoms with Crippen LogP contribution in [0.3, 0.4) is 0 Å². The molecule has 1 fully saturated rings. The molecule has 2 heterocycles. The largest absolute Gasteiger partial charge is 0.342 e. The quantitative estimate of drug-likeness (QED) is 0.285. The summed E-state index contributed by atoms with van der Waals surface area (Å²) in [7, 11) is 0. The first-order valence-corrected chi connectivity index (χ1v) is 12.8. The van der Waals surface area contributed by atoms with Crippen LogP contribution in [-0.2, 0) is 16.0 Å². The average molecular weight is 461 g/mol. The molecule has 1 aromatic heterocycles. The van der Waals surface area contributed by atoms with Crippen LogP contribution in [-0.4, -0.2) is 40.8 Å². The van der Waals surface area contributed by atoms with Gasteiger partial charge in [-0.15, -0.1) is 23.1 Å². The third-order valence-corrected chi connectivity index (χ3v) is 8.23. The van der Waals surface area contributed by atoms with Crippen LogP contribution >= 0.6 is 23.1 Å². The van der Waals surface area contributed by atoms with Crippen LogP contribution in [0.4, 0.5) is 0 Å². The summed E-state index contributed by atoms with van der Waals surface area (Å²) in [6, 6.07) is 14.2. The standard InChI is InChI=1S/C24H32N2O3S2/c1-18(2)17-24(20(22(27)25-29)11-16-31-21-9-6-15-30-21)12-14-26(23(24)28)13-10-19-7-4-3-5-8-19/h3-9,15,18,20,29H,10-14,16-17H2,1-2H3,(H,25,27). The number of hydrogen-bond donors (Lipinski definition) is 2. The third-order valence-electron chi connectivity index (χ3n) is 6.07. The highest BCUT2D eigenvalue weighted by atomic mass is 32.2. The molecule has 2 aromatic rings. The highest BCUT2D eigenvalue weighted by Crippen LogP contribution is 2.46. The molecule has 0 saturated carbocycles. The van der Waals surface area contributed by atoms with Gasteiger partial charge in [-0.1, -0.05) is 50.2 Å². The van der Waals surface area contributed by atoms with Gasteiger partial charge in [0.05, 0.1) is 15.5 Å². The molecule has 0 aliphatic carbocycles. The van der Waals surface area contributed by atoms with E-state index in [4.69, 9.17) is 0 Å². The molecule has 2 N–H and O–H groups in total. The predicted octanol–water partition coefficient (Wildman–Crippen LogP) is 4.86. The van der Waals surface area contributed by atoms with Gasteiger partial charge in [-0.3, -0.25) is 14.8 Å². The Morgan fingerprint density at radius 3 is 2.68 bits per heavy atom. The van der Waals surface area contributed by atoms with Gasteiger partial charge in [-0.2, -0.15) is 0 Å². The highest BCUT2D eigenvalue weighted by molar-refractivity contribution is 8.01. The number of thioether (sulfide) groups is 1. The third kappa shape index (κ3) is 5.90. The van der Waals surface area contributed by atoms with Crippen LogP contribution in [0.2, 0.25) is 0 Å². The van der Waals surface area contributed by atoms with Crippen LogP contribution in [0.1, 0.15) is 38.7 Å². The number of hydroxylamine groups is 1. The first-order chi connectivity index (χ1) is 15.0. The second-order valence-electron chi connectivity index (χ2n) is 8.63. The summed E-state index contributed by atoms with van der Waals surface area (Å²) in [5.74, 6) is 0.0894. The molecule has 1 aliphatic heterocycles. The molecule has 2 amide bonds. The van der Waals surface area contributed by atoms with E-state index >= 15 is 0 Å². The number of hydrogen-bond acceptors (Lipinski definition) is 5. The molecule has 2 atom stereocenters. The highest BCUT2D eigenvalue weighted by Gasteiger charge is 2.53. The second kappa shape index (κ2) is 11.2. The van der Waals surface area contributed by atoms with Gasteiger partial charge in [0.15, 0.2) is 0 Å². The minimum absolute atomic E-state index is 0.0619. The fourth-order valence-corrected chi connectivity index (χ4v) is 6.59. The number of rotatable bonds is 11. The molecule has 2 unspecified atom stereocenters. The number of amides is 2. The first kappa shape index (κ1) is 23.8. The minimum atomic E-state index is -0.756. The van der Waals surface area contributed by atoms with Crippen molar-refractivity contribution >= 4 is 34.9 Å². The molecule has 1 aromatic carbocycles. The fourth-order valence-electron chi connectivity index (χ4n) is 4.72. The first-order valence-electron chi connectivity index (χ1n) is 10.9. The summed E-state index contributed by atoms with van der Waals surface area (Å²) in [5.41, 5.74) is 2.31. The van der Waals surface area contributed by atoms with Crippen molar-refractivity contribution in [3.63, 3.8) is 0 Å². The molecule has 0 radical (unpaired) electrons. The van der Waals surface area contributed by atoms with Crippen LogP contribution < -0.4 is 5.48 Å². The Labute approximate surface area is 193 Å². The molecule has 7 heteroatoms. The summed E-state index contributed by atoms with van der Waals surface area (Å²) >= 11 is 3.38. The predicted molar refractivity (Wildman–Crippen MR) is 126 cm³/mol. The molecule has 31 heavy (non-hydrogen) atoms. The summed E-state index contributed by atoms with van der Waals surface area (Å²) < 4.78 is 1.20. The minimum Gasteiger partial charge on any atom is -0.342 e. The lowest BCUT2D eigenvalue weighted by molar-refractivity contribution is -0.149. The average Bonchev–Trinajstić information content (AvgIpc) is 3.39. The maximum Gasteiger partial charge on any atom is 0.247 e. The van der Waals surface area contributed by atoms with Gasteiger partial charge in [0, 0.05) is 13.1 Å². The fraction of sp³-hybridized carbons (Fsp3) is 0.500. The molecule has 5 nitrogen and oxygen atoms in total. The van der Waals surface area contributed by atoms with Crippen molar-refractivity contribution in [2.45, 2.75) is 43.7 Å². The number of likely N-dealkylation sites (tertiary alicyclic amines) is 1. The Hall–Kier alpha value is -1.83. The SMILES string of the molecule is CC(C)CC1(C(CCSc2cccs2)C(=O)NO)CCN(CCc2ccccc2)C1=O. The van der Waals surface area contributed by atoms with Gasteiger partial charge in [0.2, 0.25) is 11.8 Å². The van der Waals surface area contributed by atoms with E-state index in [0.29, 0.717) is 32.4 Å². The monoisotopic (exact) mass is 460 g/mol. The number of benzene rings is 1. The van der Waals surface area contributed by atoms with Gasteiger partial charge in [-0.25, -0.2) is 5.48 Å². The number of carbonyl (C=O) groups is 2. The number of thiophene rings is 1. The summed E-state index contributed by atoms with van der Waals surface area (Å²) in [6.07, 6.45) is 2.66. The Bertz CT molecular complexity index is 842. The Balaban J connectivity index is 1.75. The molecule has 3 rings (SSSR count). The Morgan fingerprint density at radius 2 is 2.03 bits per heavy atom. The number of nitrogens with one attached hydrogen (secondary N) is 1. The van der Waals surface area contributed by atoms with Gasteiger partial charge in [0.25, 0.3) is 0 Å². The van der Waals surface area contributed by atoms with E-state index in [0.717, 1.165) is 12.2 Å². The van der Waals surface area contributed by atoms with Gasteiger partial charge in [-0.05, 0) is 54.4 Å². The molecular weight excluding hydrogens is 428 g/mol. The maximum absolute atomic E-state index is 13.7. The van der Waals surface area contributed by atoms with E-state index < -0.39 is 17.2 Å². The zero-order chi connectivity index (χ0) is 22.3. The van der Waals surface area contributed by atoms with Crippen molar-refractivity contribution in [2.75, 3.05) is 18.8 Å². The van der Waals surface area contributed by atoms with Crippen molar-refractivity contribution in [1.82, 2.24) is 10.4 Å². The smallest absolute Gasteiger partial charge is 0.247 e. The van der Waals surface area contributed by atoms with E-state index in [9.17, 15) is 14.8 Å². The van der Waals surface area contributed by atoms with Crippen molar-refractivity contribution in [3.05, 3.63) is 53.4 Å². The van der Waals surface area contributed by atoms with Crippen LogP contribution in [0.15, 0.2) is 52.1 Å². The van der Waals surface area contributed by atoms with Crippen molar-refractivity contribution in [2.24, 2.45) is 17.3 Å². The molecule has 0 bridgehead atoms. The zero-order valence-corrected chi connectivity index (χ0v) is 19.9. The lowest BCUT2D eigenvalue weighted by Crippen LogP contribution is -2.47. The molecule has 168 valence electrons. The molecule has 1 aliphatic rings. The summed E-state index contributed by atoms with van der Waals surface area (Å²) in [4.78, 5) is 28.4. The number of carbonyl (C=O) groups excluding carboxylic acids is 2. The van der Waals surface area contributed by atoms with Crippen molar-refractivity contribution in [3.8, 4) is 0 Å². The topological polar surface area (TPSA) is 69.6 Å². The zero-order valence-electron chi connectivity index (χ0n) is 18.3. The Morgan fingerprint density at radius 1 is 1.26 bits per heavy atom. The van der Waals surface area contributed by atoms with Crippen molar-refractivity contribution < 1.29 is 14.8 Å². The van der Waals surface area contributed by atoms with Crippen LogP contribution in [0.5, 0.6) is 0 Å². The summed E-state index contributed by atoms with van der Waals surface area (Å²) in [5, 5.41) is 11.5. The normalized spacial score (nSPS) is 19.7. The number of nitrogens with zero attached hydrogens (tertiary/aromatic N) is 1. The lowest BCUT2D eigenvalue weighted by Gasteiger charge is -2.36. The van der Waals surface area contributed by atoms with Crippen LogP contribution in [0.25, 0.3) is 0 Å². The van der Waals surface area contributed by atoms with E-state index in [1.807, 2.05) is 40.0 Å². The van der Waals surface area contributed by atoms with Crippen molar-refractivity contribution in [1.29, 1.82) is 0 Å². The van der Waals surface area contributed by atoms with Gasteiger partial charge < -0.3 is 4.90 Å².